The van der Waals surface area contributed by atoms with Crippen LogP contribution in [0.5, 0.6) is 0 Å². The third kappa shape index (κ3) is 4.71. The fourth-order valence-corrected chi connectivity index (χ4v) is 3.28. The second-order valence-electron chi connectivity index (χ2n) is 5.94. The number of nitrogens with zero attached hydrogens (tertiary/aromatic N) is 1. The number of rotatable bonds is 6. The number of hydrogen-bond donors (Lipinski definition) is 1. The molecule has 3 unspecified atom stereocenters. The minimum Gasteiger partial charge on any atom is -0.381 e. The van der Waals surface area contributed by atoms with Crippen molar-refractivity contribution < 1.29 is 9.47 Å². The van der Waals surface area contributed by atoms with Crippen molar-refractivity contribution >= 4 is 0 Å². The molecule has 1 N–H and O–H groups in total. The standard InChI is InChI=1S/C15H30N2O2/c1-3-7-16-15-6-9-19-12-13(15)10-17-8-4-5-14(11-17)18-2/h13-16H,3-12H2,1-2H3. The van der Waals surface area contributed by atoms with E-state index in [4.69, 9.17) is 9.47 Å². The minimum atomic E-state index is 0.431. The Balaban J connectivity index is 1.80. The van der Waals surface area contributed by atoms with Crippen LogP contribution in [0.4, 0.5) is 0 Å². The third-order valence-corrected chi connectivity index (χ3v) is 4.42. The molecule has 2 aliphatic rings. The van der Waals surface area contributed by atoms with Crippen molar-refractivity contribution in [3.63, 3.8) is 0 Å². The van der Waals surface area contributed by atoms with Gasteiger partial charge < -0.3 is 19.7 Å². The van der Waals surface area contributed by atoms with Crippen molar-refractivity contribution in [2.24, 2.45) is 5.92 Å². The van der Waals surface area contributed by atoms with Crippen LogP contribution in [0.25, 0.3) is 0 Å². The molecule has 0 spiro atoms. The molecule has 4 nitrogen and oxygen atoms in total. The fraction of sp³-hybridized carbons (Fsp3) is 1.00. The monoisotopic (exact) mass is 270 g/mol. The molecular weight excluding hydrogens is 240 g/mol. The van der Waals surface area contributed by atoms with E-state index in [0.717, 1.165) is 39.3 Å². The van der Waals surface area contributed by atoms with E-state index in [2.05, 4.69) is 17.1 Å². The Kier molecular flexibility index (Phi) is 6.57. The van der Waals surface area contributed by atoms with Gasteiger partial charge in [-0.05, 0) is 38.8 Å². The lowest BCUT2D eigenvalue weighted by Crippen LogP contribution is -2.50. The maximum atomic E-state index is 5.69. The summed E-state index contributed by atoms with van der Waals surface area (Å²) < 4.78 is 11.2. The van der Waals surface area contributed by atoms with E-state index in [-0.39, 0.29) is 0 Å². The molecule has 0 aromatic carbocycles. The van der Waals surface area contributed by atoms with Crippen LogP contribution in [0, 0.1) is 5.92 Å². The Hall–Kier alpha value is -0.160. The van der Waals surface area contributed by atoms with E-state index in [0.29, 0.717) is 18.1 Å². The van der Waals surface area contributed by atoms with Crippen LogP contribution >= 0.6 is 0 Å². The van der Waals surface area contributed by atoms with Crippen LogP contribution in [0.2, 0.25) is 0 Å². The molecule has 0 aromatic rings. The van der Waals surface area contributed by atoms with E-state index in [9.17, 15) is 0 Å². The number of piperidine rings is 1. The molecule has 2 saturated heterocycles. The van der Waals surface area contributed by atoms with Gasteiger partial charge in [-0.25, -0.2) is 0 Å². The second-order valence-corrected chi connectivity index (χ2v) is 5.94. The topological polar surface area (TPSA) is 33.7 Å². The van der Waals surface area contributed by atoms with Crippen LogP contribution in [-0.4, -0.2) is 63.5 Å². The molecular formula is C15H30N2O2. The van der Waals surface area contributed by atoms with Gasteiger partial charge in [-0.15, -0.1) is 0 Å². The molecule has 112 valence electrons. The Labute approximate surface area is 117 Å². The Morgan fingerprint density at radius 2 is 2.26 bits per heavy atom. The number of likely N-dealkylation sites (tertiary alicyclic amines) is 1. The molecule has 0 aliphatic carbocycles. The maximum absolute atomic E-state index is 5.69. The average molecular weight is 270 g/mol. The summed E-state index contributed by atoms with van der Waals surface area (Å²) in [6, 6.07) is 0.636. The van der Waals surface area contributed by atoms with Crippen molar-refractivity contribution in [1.82, 2.24) is 10.2 Å². The predicted octanol–water partition coefficient (Wildman–Crippen LogP) is 1.50. The normalized spacial score (nSPS) is 33.5. The van der Waals surface area contributed by atoms with Crippen molar-refractivity contribution in [2.75, 3.05) is 46.5 Å². The van der Waals surface area contributed by atoms with Gasteiger partial charge in [-0.1, -0.05) is 6.92 Å². The number of methoxy groups -OCH3 is 1. The molecule has 0 amide bonds. The summed E-state index contributed by atoms with van der Waals surface area (Å²) in [5.74, 6) is 0.635. The Morgan fingerprint density at radius 3 is 3.05 bits per heavy atom. The highest BCUT2D eigenvalue weighted by Gasteiger charge is 2.29. The quantitative estimate of drug-likeness (QED) is 0.793. The van der Waals surface area contributed by atoms with Gasteiger partial charge in [0.15, 0.2) is 0 Å². The van der Waals surface area contributed by atoms with E-state index >= 15 is 0 Å². The summed E-state index contributed by atoms with van der Waals surface area (Å²) in [7, 11) is 1.84. The van der Waals surface area contributed by atoms with Gasteiger partial charge >= 0.3 is 0 Å². The van der Waals surface area contributed by atoms with Gasteiger partial charge in [-0.2, -0.15) is 0 Å². The molecule has 4 heteroatoms. The van der Waals surface area contributed by atoms with Crippen molar-refractivity contribution in [2.45, 2.75) is 44.8 Å². The van der Waals surface area contributed by atoms with E-state index in [1.807, 2.05) is 7.11 Å². The van der Waals surface area contributed by atoms with Crippen LogP contribution in [0.1, 0.15) is 32.6 Å². The lowest BCUT2D eigenvalue weighted by molar-refractivity contribution is -0.00958. The molecule has 0 bridgehead atoms. The lowest BCUT2D eigenvalue weighted by atomic mass is 9.94. The highest BCUT2D eigenvalue weighted by atomic mass is 16.5. The van der Waals surface area contributed by atoms with E-state index < -0.39 is 0 Å². The Bertz CT molecular complexity index is 250. The maximum Gasteiger partial charge on any atom is 0.0698 e. The predicted molar refractivity (Wildman–Crippen MR) is 77.5 cm³/mol. The minimum absolute atomic E-state index is 0.431. The van der Waals surface area contributed by atoms with Crippen molar-refractivity contribution in [3.05, 3.63) is 0 Å². The second kappa shape index (κ2) is 8.20. The largest absolute Gasteiger partial charge is 0.381 e. The third-order valence-electron chi connectivity index (χ3n) is 4.42. The van der Waals surface area contributed by atoms with Crippen LogP contribution in [0.15, 0.2) is 0 Å². The Morgan fingerprint density at radius 1 is 1.37 bits per heavy atom. The van der Waals surface area contributed by atoms with E-state index in [1.165, 1.54) is 25.8 Å². The lowest BCUT2D eigenvalue weighted by Gasteiger charge is -2.39. The fourth-order valence-electron chi connectivity index (χ4n) is 3.28. The number of hydrogen-bond acceptors (Lipinski definition) is 4. The van der Waals surface area contributed by atoms with Crippen molar-refractivity contribution in [3.8, 4) is 0 Å². The smallest absolute Gasteiger partial charge is 0.0698 e. The summed E-state index contributed by atoms with van der Waals surface area (Å²) >= 11 is 0. The summed E-state index contributed by atoms with van der Waals surface area (Å²) in [5, 5.41) is 3.70. The zero-order valence-corrected chi connectivity index (χ0v) is 12.6. The molecule has 2 rings (SSSR count). The first-order chi connectivity index (χ1) is 9.33. The van der Waals surface area contributed by atoms with E-state index in [1.54, 1.807) is 0 Å². The average Bonchev–Trinajstić information content (AvgIpc) is 2.46. The molecule has 2 aliphatic heterocycles. The molecule has 3 atom stereocenters. The molecule has 19 heavy (non-hydrogen) atoms. The molecule has 0 saturated carbocycles. The zero-order chi connectivity index (χ0) is 13.5. The van der Waals surface area contributed by atoms with Gasteiger partial charge in [-0.3, -0.25) is 0 Å². The molecule has 2 fully saturated rings. The summed E-state index contributed by atoms with van der Waals surface area (Å²) in [6.45, 7) is 8.65. The first-order valence-corrected chi connectivity index (χ1v) is 7.89. The van der Waals surface area contributed by atoms with Gasteiger partial charge in [0.2, 0.25) is 0 Å². The molecule has 0 aromatic heterocycles. The van der Waals surface area contributed by atoms with Crippen LogP contribution in [0.3, 0.4) is 0 Å². The summed E-state index contributed by atoms with van der Waals surface area (Å²) in [5.41, 5.74) is 0. The first kappa shape index (κ1) is 15.2. The number of ether oxygens (including phenoxy) is 2. The first-order valence-electron chi connectivity index (χ1n) is 7.89. The van der Waals surface area contributed by atoms with Gasteiger partial charge in [0, 0.05) is 38.8 Å². The van der Waals surface area contributed by atoms with Crippen molar-refractivity contribution in [1.29, 1.82) is 0 Å². The molecule has 2 heterocycles. The molecule has 0 radical (unpaired) electrons. The highest BCUT2D eigenvalue weighted by Crippen LogP contribution is 2.20. The van der Waals surface area contributed by atoms with Crippen LogP contribution in [-0.2, 0) is 9.47 Å². The van der Waals surface area contributed by atoms with Crippen LogP contribution < -0.4 is 5.32 Å². The summed E-state index contributed by atoms with van der Waals surface area (Å²) in [4.78, 5) is 2.57. The van der Waals surface area contributed by atoms with Gasteiger partial charge in [0.25, 0.3) is 0 Å². The highest BCUT2D eigenvalue weighted by molar-refractivity contribution is 4.84. The van der Waals surface area contributed by atoms with Gasteiger partial charge in [0.1, 0.15) is 0 Å². The van der Waals surface area contributed by atoms with Gasteiger partial charge in [0.05, 0.1) is 12.7 Å². The zero-order valence-electron chi connectivity index (χ0n) is 12.6. The number of nitrogens with one attached hydrogen (secondary N) is 1. The SMILES string of the molecule is CCCNC1CCOCC1CN1CCCC(OC)C1. The summed E-state index contributed by atoms with van der Waals surface area (Å²) in [6.07, 6.45) is 5.27.